The minimum atomic E-state index is 0.523. The zero-order valence-corrected chi connectivity index (χ0v) is 12.3. The van der Waals surface area contributed by atoms with Crippen LogP contribution in [0.3, 0.4) is 0 Å². The van der Waals surface area contributed by atoms with E-state index >= 15 is 0 Å². The van der Waals surface area contributed by atoms with Crippen LogP contribution in [0.15, 0.2) is 6.33 Å². The summed E-state index contributed by atoms with van der Waals surface area (Å²) in [5.41, 5.74) is 0. The molecule has 0 aliphatic heterocycles. The third-order valence-corrected chi connectivity index (χ3v) is 3.67. The van der Waals surface area contributed by atoms with Crippen LogP contribution in [0.25, 0.3) is 0 Å². The van der Waals surface area contributed by atoms with Crippen molar-refractivity contribution in [1.29, 1.82) is 0 Å². The SMILES string of the molecule is CCCNC(Cc1ncnn1CC)C(CC)CC. The largest absolute Gasteiger partial charge is 0.313 e. The van der Waals surface area contributed by atoms with Crippen LogP contribution in [0.4, 0.5) is 0 Å². The maximum atomic E-state index is 4.40. The molecule has 1 unspecified atom stereocenters. The van der Waals surface area contributed by atoms with Gasteiger partial charge in [0.25, 0.3) is 0 Å². The van der Waals surface area contributed by atoms with Gasteiger partial charge in [0, 0.05) is 19.0 Å². The molecule has 0 radical (unpaired) electrons. The summed E-state index contributed by atoms with van der Waals surface area (Å²) < 4.78 is 2.00. The van der Waals surface area contributed by atoms with Crippen molar-refractivity contribution < 1.29 is 0 Å². The number of rotatable bonds is 9. The van der Waals surface area contributed by atoms with E-state index in [1.165, 1.54) is 19.3 Å². The first kappa shape index (κ1) is 15.2. The molecule has 4 nitrogen and oxygen atoms in total. The zero-order valence-electron chi connectivity index (χ0n) is 12.3. The molecule has 0 spiro atoms. The molecule has 1 rings (SSSR count). The van der Waals surface area contributed by atoms with Crippen LogP contribution in [0.1, 0.15) is 52.8 Å². The molecule has 0 amide bonds. The molecule has 1 aromatic rings. The first-order valence-corrected chi connectivity index (χ1v) is 7.36. The van der Waals surface area contributed by atoms with Gasteiger partial charge in [0.05, 0.1) is 0 Å². The average molecular weight is 252 g/mol. The van der Waals surface area contributed by atoms with Crippen molar-refractivity contribution in [2.24, 2.45) is 5.92 Å². The van der Waals surface area contributed by atoms with Gasteiger partial charge in [0.2, 0.25) is 0 Å². The van der Waals surface area contributed by atoms with Gasteiger partial charge >= 0.3 is 0 Å². The second-order valence-electron chi connectivity index (χ2n) is 4.83. The Morgan fingerprint density at radius 3 is 2.50 bits per heavy atom. The van der Waals surface area contributed by atoms with Crippen molar-refractivity contribution in [1.82, 2.24) is 20.1 Å². The van der Waals surface area contributed by atoms with Crippen molar-refractivity contribution in [3.05, 3.63) is 12.2 Å². The number of aromatic nitrogens is 3. The first-order valence-electron chi connectivity index (χ1n) is 7.36. The van der Waals surface area contributed by atoms with E-state index in [0.717, 1.165) is 31.3 Å². The Labute approximate surface area is 111 Å². The smallest absolute Gasteiger partial charge is 0.138 e. The second-order valence-corrected chi connectivity index (χ2v) is 4.83. The van der Waals surface area contributed by atoms with E-state index in [9.17, 15) is 0 Å². The fraction of sp³-hybridized carbons (Fsp3) is 0.857. The summed E-state index contributed by atoms with van der Waals surface area (Å²) in [6, 6.07) is 0.523. The van der Waals surface area contributed by atoms with E-state index in [0.29, 0.717) is 6.04 Å². The molecule has 1 N–H and O–H groups in total. The van der Waals surface area contributed by atoms with E-state index in [4.69, 9.17) is 0 Å². The molecule has 1 aromatic heterocycles. The molecule has 0 aliphatic carbocycles. The van der Waals surface area contributed by atoms with Crippen LogP contribution < -0.4 is 5.32 Å². The van der Waals surface area contributed by atoms with Gasteiger partial charge in [-0.3, -0.25) is 4.68 Å². The molecular weight excluding hydrogens is 224 g/mol. The molecule has 0 saturated heterocycles. The summed E-state index contributed by atoms with van der Waals surface area (Å²) in [6.07, 6.45) is 6.27. The van der Waals surface area contributed by atoms with Crippen LogP contribution in [-0.2, 0) is 13.0 Å². The van der Waals surface area contributed by atoms with Gasteiger partial charge in [0.1, 0.15) is 12.2 Å². The van der Waals surface area contributed by atoms with Gasteiger partial charge in [-0.15, -0.1) is 0 Å². The monoisotopic (exact) mass is 252 g/mol. The van der Waals surface area contributed by atoms with Crippen molar-refractivity contribution in [3.8, 4) is 0 Å². The maximum Gasteiger partial charge on any atom is 0.138 e. The Morgan fingerprint density at radius 2 is 1.94 bits per heavy atom. The standard InChI is InChI=1S/C14H28N4/c1-5-9-15-13(12(6-2)7-3)10-14-16-11-17-18(14)8-4/h11-13,15H,5-10H2,1-4H3. The highest BCUT2D eigenvalue weighted by molar-refractivity contribution is 4.92. The summed E-state index contributed by atoms with van der Waals surface area (Å²) >= 11 is 0. The van der Waals surface area contributed by atoms with E-state index < -0.39 is 0 Å². The van der Waals surface area contributed by atoms with Crippen molar-refractivity contribution in [2.45, 2.75) is 66.0 Å². The molecule has 1 heterocycles. The van der Waals surface area contributed by atoms with Crippen LogP contribution >= 0.6 is 0 Å². The van der Waals surface area contributed by atoms with Crippen LogP contribution in [0.5, 0.6) is 0 Å². The fourth-order valence-electron chi connectivity index (χ4n) is 2.50. The molecule has 0 saturated carbocycles. The summed E-state index contributed by atoms with van der Waals surface area (Å²) in [7, 11) is 0. The molecule has 0 aromatic carbocycles. The van der Waals surface area contributed by atoms with Crippen molar-refractivity contribution in [2.75, 3.05) is 6.54 Å². The predicted molar refractivity (Wildman–Crippen MR) is 75.6 cm³/mol. The topological polar surface area (TPSA) is 42.7 Å². The van der Waals surface area contributed by atoms with Gasteiger partial charge in [0.15, 0.2) is 0 Å². The van der Waals surface area contributed by atoms with Crippen LogP contribution in [-0.4, -0.2) is 27.4 Å². The number of hydrogen-bond donors (Lipinski definition) is 1. The van der Waals surface area contributed by atoms with E-state index in [1.54, 1.807) is 6.33 Å². The lowest BCUT2D eigenvalue weighted by Crippen LogP contribution is -2.39. The van der Waals surface area contributed by atoms with E-state index in [-0.39, 0.29) is 0 Å². The highest BCUT2D eigenvalue weighted by atomic mass is 15.3. The summed E-state index contributed by atoms with van der Waals surface area (Å²) in [5, 5.41) is 7.94. The van der Waals surface area contributed by atoms with Gasteiger partial charge in [-0.2, -0.15) is 5.10 Å². The summed E-state index contributed by atoms with van der Waals surface area (Å²) in [5.74, 6) is 1.83. The predicted octanol–water partition coefficient (Wildman–Crippen LogP) is 2.64. The minimum absolute atomic E-state index is 0.523. The third-order valence-electron chi connectivity index (χ3n) is 3.67. The van der Waals surface area contributed by atoms with Crippen LogP contribution in [0, 0.1) is 5.92 Å². The Balaban J connectivity index is 2.70. The lowest BCUT2D eigenvalue weighted by molar-refractivity contribution is 0.324. The molecule has 18 heavy (non-hydrogen) atoms. The highest BCUT2D eigenvalue weighted by Gasteiger charge is 2.20. The highest BCUT2D eigenvalue weighted by Crippen LogP contribution is 2.16. The number of nitrogens with zero attached hydrogens (tertiary/aromatic N) is 3. The van der Waals surface area contributed by atoms with Crippen LogP contribution in [0.2, 0.25) is 0 Å². The van der Waals surface area contributed by atoms with E-state index in [1.807, 2.05) is 4.68 Å². The molecule has 0 aliphatic rings. The Kier molecular flexibility index (Phi) is 6.94. The first-order chi connectivity index (χ1) is 8.76. The molecular formula is C14H28N4. The maximum absolute atomic E-state index is 4.40. The van der Waals surface area contributed by atoms with Gasteiger partial charge < -0.3 is 5.32 Å². The summed E-state index contributed by atoms with van der Waals surface area (Å²) in [6.45, 7) is 10.9. The number of hydrogen-bond acceptors (Lipinski definition) is 3. The van der Waals surface area contributed by atoms with Crippen molar-refractivity contribution in [3.63, 3.8) is 0 Å². The van der Waals surface area contributed by atoms with E-state index in [2.05, 4.69) is 43.1 Å². The normalized spacial score (nSPS) is 13.2. The Morgan fingerprint density at radius 1 is 1.22 bits per heavy atom. The number of nitrogens with one attached hydrogen (secondary N) is 1. The van der Waals surface area contributed by atoms with Gasteiger partial charge in [-0.1, -0.05) is 33.6 Å². The van der Waals surface area contributed by atoms with Gasteiger partial charge in [-0.25, -0.2) is 4.98 Å². The molecule has 4 heteroatoms. The minimum Gasteiger partial charge on any atom is -0.313 e. The molecule has 1 atom stereocenters. The molecule has 0 bridgehead atoms. The lowest BCUT2D eigenvalue weighted by Gasteiger charge is -2.26. The average Bonchev–Trinajstić information content (AvgIpc) is 2.84. The van der Waals surface area contributed by atoms with Gasteiger partial charge in [-0.05, 0) is 25.8 Å². The zero-order chi connectivity index (χ0) is 13.4. The Bertz CT molecular complexity index is 317. The quantitative estimate of drug-likeness (QED) is 0.734. The second kappa shape index (κ2) is 8.25. The summed E-state index contributed by atoms with van der Waals surface area (Å²) in [4.78, 5) is 4.40. The molecule has 0 fully saturated rings. The molecule has 104 valence electrons. The number of aryl methyl sites for hydroxylation is 1. The fourth-order valence-corrected chi connectivity index (χ4v) is 2.50. The van der Waals surface area contributed by atoms with Crippen molar-refractivity contribution >= 4 is 0 Å². The lowest BCUT2D eigenvalue weighted by atomic mass is 9.91. The third kappa shape index (κ3) is 4.09. The Hall–Kier alpha value is -0.900.